The predicted octanol–water partition coefficient (Wildman–Crippen LogP) is 1.44. The molecule has 1 aromatic heterocycles. The first-order valence-electron chi connectivity index (χ1n) is 9.29. The van der Waals surface area contributed by atoms with E-state index in [9.17, 15) is 4.79 Å². The molecular formula is C20H22N4O3S. The van der Waals surface area contributed by atoms with E-state index in [-0.39, 0.29) is 12.5 Å². The Bertz CT molecular complexity index is 840. The molecule has 0 radical (unpaired) electrons. The predicted molar refractivity (Wildman–Crippen MR) is 108 cm³/mol. The van der Waals surface area contributed by atoms with Crippen molar-refractivity contribution in [1.29, 1.82) is 0 Å². The number of aromatic nitrogens is 1. The zero-order chi connectivity index (χ0) is 19.3. The molecule has 2 aliphatic rings. The Balaban J connectivity index is 1.26. The summed E-state index contributed by atoms with van der Waals surface area (Å²) in [6, 6.07) is 11.3. The molecule has 2 aliphatic heterocycles. The number of para-hydroxylation sites is 2. The Morgan fingerprint density at radius 1 is 1.11 bits per heavy atom. The summed E-state index contributed by atoms with van der Waals surface area (Å²) >= 11 is 5.49. The molecule has 0 aliphatic carbocycles. The van der Waals surface area contributed by atoms with Crippen LogP contribution in [0.15, 0.2) is 48.8 Å². The van der Waals surface area contributed by atoms with Crippen LogP contribution in [-0.2, 0) is 11.3 Å². The first kappa shape index (κ1) is 18.5. The first-order valence-corrected chi connectivity index (χ1v) is 9.70. The van der Waals surface area contributed by atoms with Crippen molar-refractivity contribution in [1.82, 2.24) is 20.1 Å². The molecule has 1 aromatic carbocycles. The van der Waals surface area contributed by atoms with Crippen LogP contribution in [0, 0.1) is 0 Å². The molecule has 146 valence electrons. The largest absolute Gasteiger partial charge is 0.485 e. The molecular weight excluding hydrogens is 376 g/mol. The number of hydrogen-bond acceptors (Lipinski definition) is 5. The second kappa shape index (κ2) is 8.43. The molecule has 8 heteroatoms. The molecule has 0 saturated carbocycles. The standard InChI is InChI=1S/C20H22N4O3S/c25-19(18-14-26-16-5-1-2-6-17(16)27-18)23-8-10-24(11-9-23)20(28)22-13-15-4-3-7-21-12-15/h1-7,12,18H,8-11,13-14H2,(H,22,28). The maximum atomic E-state index is 12.8. The Hall–Kier alpha value is -2.87. The summed E-state index contributed by atoms with van der Waals surface area (Å²) in [6.07, 6.45) is 2.96. The summed E-state index contributed by atoms with van der Waals surface area (Å²) in [4.78, 5) is 20.8. The summed E-state index contributed by atoms with van der Waals surface area (Å²) < 4.78 is 11.5. The SMILES string of the molecule is O=C(C1COc2ccccc2O1)N1CCN(C(=S)NCc2cccnc2)CC1. The number of thiocarbonyl (C=S) groups is 1. The van der Waals surface area contributed by atoms with Crippen molar-refractivity contribution in [2.75, 3.05) is 32.8 Å². The van der Waals surface area contributed by atoms with Gasteiger partial charge < -0.3 is 24.6 Å². The van der Waals surface area contributed by atoms with Crippen LogP contribution in [0.3, 0.4) is 0 Å². The summed E-state index contributed by atoms with van der Waals surface area (Å²) in [5, 5.41) is 3.95. The maximum Gasteiger partial charge on any atom is 0.267 e. The van der Waals surface area contributed by atoms with E-state index in [1.807, 2.05) is 47.5 Å². The smallest absolute Gasteiger partial charge is 0.267 e. The molecule has 1 saturated heterocycles. The second-order valence-corrected chi connectivity index (χ2v) is 7.08. The fourth-order valence-corrected chi connectivity index (χ4v) is 3.52. The van der Waals surface area contributed by atoms with Crippen molar-refractivity contribution < 1.29 is 14.3 Å². The van der Waals surface area contributed by atoms with Crippen LogP contribution >= 0.6 is 12.2 Å². The number of pyridine rings is 1. The van der Waals surface area contributed by atoms with Gasteiger partial charge in [0.2, 0.25) is 6.10 Å². The highest BCUT2D eigenvalue weighted by Gasteiger charge is 2.32. The normalized spacial score (nSPS) is 18.5. The monoisotopic (exact) mass is 398 g/mol. The van der Waals surface area contributed by atoms with Gasteiger partial charge in [-0.3, -0.25) is 9.78 Å². The van der Waals surface area contributed by atoms with Gasteiger partial charge >= 0.3 is 0 Å². The van der Waals surface area contributed by atoms with E-state index >= 15 is 0 Å². The Morgan fingerprint density at radius 3 is 2.61 bits per heavy atom. The number of carbonyl (C=O) groups is 1. The summed E-state index contributed by atoms with van der Waals surface area (Å²) in [5.41, 5.74) is 1.08. The van der Waals surface area contributed by atoms with E-state index in [0.29, 0.717) is 49.3 Å². The maximum absolute atomic E-state index is 12.8. The molecule has 1 atom stereocenters. The molecule has 3 heterocycles. The minimum Gasteiger partial charge on any atom is -0.485 e. The average Bonchev–Trinajstić information content (AvgIpc) is 2.77. The number of ether oxygens (including phenoxy) is 2. The Labute approximate surface area is 169 Å². The van der Waals surface area contributed by atoms with Crippen LogP contribution in [0.2, 0.25) is 0 Å². The second-order valence-electron chi connectivity index (χ2n) is 6.70. The molecule has 1 unspecified atom stereocenters. The fraction of sp³-hybridized carbons (Fsp3) is 0.350. The molecule has 0 spiro atoms. The number of nitrogens with zero attached hydrogens (tertiary/aromatic N) is 3. The quantitative estimate of drug-likeness (QED) is 0.785. The van der Waals surface area contributed by atoms with E-state index in [2.05, 4.69) is 15.2 Å². The third kappa shape index (κ3) is 4.17. The summed E-state index contributed by atoms with van der Waals surface area (Å²) in [5.74, 6) is 1.26. The molecule has 1 fully saturated rings. The zero-order valence-electron chi connectivity index (χ0n) is 15.4. The van der Waals surface area contributed by atoms with Gasteiger partial charge in [-0.05, 0) is 36.0 Å². The lowest BCUT2D eigenvalue weighted by Gasteiger charge is -2.38. The number of piperazine rings is 1. The molecule has 0 bridgehead atoms. The lowest BCUT2D eigenvalue weighted by atomic mass is 10.2. The van der Waals surface area contributed by atoms with Crippen LogP contribution in [0.1, 0.15) is 5.56 Å². The van der Waals surface area contributed by atoms with Gasteiger partial charge in [0.1, 0.15) is 6.61 Å². The minimum atomic E-state index is -0.600. The van der Waals surface area contributed by atoms with E-state index in [1.54, 1.807) is 6.20 Å². The third-order valence-electron chi connectivity index (χ3n) is 4.83. The number of amides is 1. The lowest BCUT2D eigenvalue weighted by molar-refractivity contribution is -0.142. The topological polar surface area (TPSA) is 66.9 Å². The number of nitrogens with one attached hydrogen (secondary N) is 1. The van der Waals surface area contributed by atoms with Crippen molar-refractivity contribution >= 4 is 23.2 Å². The van der Waals surface area contributed by atoms with Crippen LogP contribution in [0.4, 0.5) is 0 Å². The number of hydrogen-bond donors (Lipinski definition) is 1. The average molecular weight is 398 g/mol. The third-order valence-corrected chi connectivity index (χ3v) is 5.23. The molecule has 4 rings (SSSR count). The molecule has 28 heavy (non-hydrogen) atoms. The van der Waals surface area contributed by atoms with Gasteiger partial charge in [0.25, 0.3) is 5.91 Å². The van der Waals surface area contributed by atoms with Gasteiger partial charge in [0.05, 0.1) is 0 Å². The van der Waals surface area contributed by atoms with Gasteiger partial charge in [-0.25, -0.2) is 0 Å². The van der Waals surface area contributed by atoms with Gasteiger partial charge in [0, 0.05) is 45.1 Å². The fourth-order valence-electron chi connectivity index (χ4n) is 3.27. The minimum absolute atomic E-state index is 0.0385. The molecule has 2 aromatic rings. The van der Waals surface area contributed by atoms with Crippen molar-refractivity contribution in [3.05, 3.63) is 54.4 Å². The number of fused-ring (bicyclic) bond motifs is 1. The van der Waals surface area contributed by atoms with E-state index in [4.69, 9.17) is 21.7 Å². The van der Waals surface area contributed by atoms with Crippen molar-refractivity contribution in [3.63, 3.8) is 0 Å². The highest BCUT2D eigenvalue weighted by molar-refractivity contribution is 7.80. The lowest BCUT2D eigenvalue weighted by Crippen LogP contribution is -2.56. The van der Waals surface area contributed by atoms with Crippen molar-refractivity contribution in [2.24, 2.45) is 0 Å². The first-order chi connectivity index (χ1) is 13.7. The highest BCUT2D eigenvalue weighted by atomic mass is 32.1. The van der Waals surface area contributed by atoms with Crippen LogP contribution in [-0.4, -0.2) is 64.7 Å². The van der Waals surface area contributed by atoms with Crippen LogP contribution in [0.5, 0.6) is 11.5 Å². The van der Waals surface area contributed by atoms with Gasteiger partial charge in [-0.1, -0.05) is 18.2 Å². The molecule has 1 amide bonds. The highest BCUT2D eigenvalue weighted by Crippen LogP contribution is 2.31. The Morgan fingerprint density at radius 2 is 1.86 bits per heavy atom. The van der Waals surface area contributed by atoms with Crippen LogP contribution in [0.25, 0.3) is 0 Å². The van der Waals surface area contributed by atoms with Gasteiger partial charge in [0.15, 0.2) is 16.6 Å². The van der Waals surface area contributed by atoms with Crippen LogP contribution < -0.4 is 14.8 Å². The number of rotatable bonds is 3. The van der Waals surface area contributed by atoms with Gasteiger partial charge in [-0.15, -0.1) is 0 Å². The zero-order valence-corrected chi connectivity index (χ0v) is 16.2. The van der Waals surface area contributed by atoms with Crippen molar-refractivity contribution in [3.8, 4) is 11.5 Å². The van der Waals surface area contributed by atoms with E-state index in [0.717, 1.165) is 5.56 Å². The summed E-state index contributed by atoms with van der Waals surface area (Å²) in [6.45, 7) is 3.47. The van der Waals surface area contributed by atoms with Gasteiger partial charge in [-0.2, -0.15) is 0 Å². The van der Waals surface area contributed by atoms with E-state index in [1.165, 1.54) is 0 Å². The Kier molecular flexibility index (Phi) is 5.57. The summed E-state index contributed by atoms with van der Waals surface area (Å²) in [7, 11) is 0. The number of carbonyl (C=O) groups excluding carboxylic acids is 1. The molecule has 7 nitrogen and oxygen atoms in total. The van der Waals surface area contributed by atoms with E-state index < -0.39 is 6.10 Å². The number of benzene rings is 1. The molecule has 1 N–H and O–H groups in total. The van der Waals surface area contributed by atoms with Crippen molar-refractivity contribution in [2.45, 2.75) is 12.6 Å².